The van der Waals surface area contributed by atoms with Crippen molar-refractivity contribution in [2.45, 2.75) is 0 Å². The molecule has 2 aromatic rings. The molecule has 0 unspecified atom stereocenters. The van der Waals surface area contributed by atoms with Gasteiger partial charge in [-0.1, -0.05) is 12.1 Å². The summed E-state index contributed by atoms with van der Waals surface area (Å²) in [6.07, 6.45) is 1.54. The number of carboxylic acids is 1. The van der Waals surface area contributed by atoms with E-state index in [0.717, 1.165) is 0 Å². The van der Waals surface area contributed by atoms with Crippen molar-refractivity contribution in [2.24, 2.45) is 0 Å². The van der Waals surface area contributed by atoms with E-state index in [0.29, 0.717) is 5.75 Å². The van der Waals surface area contributed by atoms with Crippen LogP contribution in [0.1, 0.15) is 10.4 Å². The van der Waals surface area contributed by atoms with Gasteiger partial charge in [0.15, 0.2) is 5.75 Å². The first-order valence-electron chi connectivity index (χ1n) is 5.21. The number of pyridine rings is 1. The van der Waals surface area contributed by atoms with Crippen LogP contribution in [0.4, 0.5) is 0 Å². The molecule has 1 aromatic carbocycles. The summed E-state index contributed by atoms with van der Waals surface area (Å²) in [7, 11) is 1.49. The average Bonchev–Trinajstić information content (AvgIpc) is 2.40. The SMILES string of the molecule is COc1cccnc1Oc1ccccc1C(=O)O. The van der Waals surface area contributed by atoms with Crippen molar-refractivity contribution in [1.82, 2.24) is 4.98 Å². The molecule has 0 spiro atoms. The molecule has 92 valence electrons. The first-order valence-corrected chi connectivity index (χ1v) is 5.21. The van der Waals surface area contributed by atoms with Crippen LogP contribution in [0.5, 0.6) is 17.4 Å². The van der Waals surface area contributed by atoms with Crippen molar-refractivity contribution >= 4 is 5.97 Å². The fourth-order valence-corrected chi connectivity index (χ4v) is 1.44. The summed E-state index contributed by atoms with van der Waals surface area (Å²) in [6.45, 7) is 0. The largest absolute Gasteiger partial charge is 0.491 e. The van der Waals surface area contributed by atoms with Crippen molar-refractivity contribution in [3.8, 4) is 17.4 Å². The van der Waals surface area contributed by atoms with Crippen molar-refractivity contribution in [2.75, 3.05) is 7.11 Å². The minimum Gasteiger partial charge on any atom is -0.491 e. The molecule has 0 aliphatic rings. The molecular weight excluding hydrogens is 234 g/mol. The maximum atomic E-state index is 11.0. The zero-order valence-corrected chi connectivity index (χ0v) is 9.66. The van der Waals surface area contributed by atoms with Gasteiger partial charge in [0.25, 0.3) is 5.88 Å². The number of aromatic nitrogens is 1. The highest BCUT2D eigenvalue weighted by Gasteiger charge is 2.13. The predicted octanol–water partition coefficient (Wildman–Crippen LogP) is 2.58. The van der Waals surface area contributed by atoms with Gasteiger partial charge in [0.05, 0.1) is 7.11 Å². The van der Waals surface area contributed by atoms with Gasteiger partial charge in [-0.2, -0.15) is 0 Å². The van der Waals surface area contributed by atoms with Crippen molar-refractivity contribution in [3.63, 3.8) is 0 Å². The van der Waals surface area contributed by atoms with Crippen LogP contribution in [-0.4, -0.2) is 23.2 Å². The van der Waals surface area contributed by atoms with E-state index < -0.39 is 5.97 Å². The molecule has 0 saturated heterocycles. The number of hydrogen-bond acceptors (Lipinski definition) is 4. The lowest BCUT2D eigenvalue weighted by Crippen LogP contribution is -2.01. The number of carboxylic acid groups (broad SMARTS) is 1. The molecule has 1 aromatic heterocycles. The Balaban J connectivity index is 2.37. The molecule has 5 nitrogen and oxygen atoms in total. The summed E-state index contributed by atoms with van der Waals surface area (Å²) in [5, 5.41) is 9.04. The lowest BCUT2D eigenvalue weighted by molar-refractivity contribution is 0.0694. The van der Waals surface area contributed by atoms with E-state index in [1.807, 2.05) is 0 Å². The molecule has 0 amide bonds. The Morgan fingerprint density at radius 3 is 2.61 bits per heavy atom. The van der Waals surface area contributed by atoms with Gasteiger partial charge in [0.2, 0.25) is 0 Å². The predicted molar refractivity (Wildman–Crippen MR) is 64.3 cm³/mol. The fourth-order valence-electron chi connectivity index (χ4n) is 1.44. The summed E-state index contributed by atoms with van der Waals surface area (Å²) in [6, 6.07) is 9.74. The average molecular weight is 245 g/mol. The molecule has 0 saturated carbocycles. The summed E-state index contributed by atoms with van der Waals surface area (Å²) in [5.41, 5.74) is 0.0743. The molecule has 5 heteroatoms. The second-order valence-electron chi connectivity index (χ2n) is 3.41. The van der Waals surface area contributed by atoms with Gasteiger partial charge < -0.3 is 14.6 Å². The van der Waals surface area contributed by atoms with Crippen LogP contribution in [0, 0.1) is 0 Å². The van der Waals surface area contributed by atoms with E-state index in [2.05, 4.69) is 4.98 Å². The molecule has 1 N–H and O–H groups in total. The van der Waals surface area contributed by atoms with Crippen LogP contribution in [0.25, 0.3) is 0 Å². The van der Waals surface area contributed by atoms with Crippen molar-refractivity contribution < 1.29 is 19.4 Å². The highest BCUT2D eigenvalue weighted by molar-refractivity contribution is 5.90. The van der Waals surface area contributed by atoms with Gasteiger partial charge >= 0.3 is 5.97 Å². The normalized spacial score (nSPS) is 9.83. The number of nitrogens with zero attached hydrogens (tertiary/aromatic N) is 1. The van der Waals surface area contributed by atoms with Crippen LogP contribution < -0.4 is 9.47 Å². The minimum atomic E-state index is -1.06. The molecule has 1 heterocycles. The quantitative estimate of drug-likeness (QED) is 0.896. The topological polar surface area (TPSA) is 68.7 Å². The van der Waals surface area contributed by atoms with E-state index in [1.165, 1.54) is 13.2 Å². The Bertz CT molecular complexity index is 568. The van der Waals surface area contributed by atoms with Gasteiger partial charge in [-0.05, 0) is 24.3 Å². The minimum absolute atomic E-state index is 0.0743. The van der Waals surface area contributed by atoms with Crippen LogP contribution in [0.15, 0.2) is 42.6 Å². The molecule has 0 bridgehead atoms. The Kier molecular flexibility index (Phi) is 3.43. The number of hydrogen-bond donors (Lipinski definition) is 1. The van der Waals surface area contributed by atoms with E-state index in [9.17, 15) is 4.79 Å². The molecule has 0 fully saturated rings. The van der Waals surface area contributed by atoms with Gasteiger partial charge in [0, 0.05) is 6.20 Å². The number of methoxy groups -OCH3 is 1. The maximum Gasteiger partial charge on any atom is 0.339 e. The Labute approximate surface area is 104 Å². The van der Waals surface area contributed by atoms with Gasteiger partial charge in [-0.15, -0.1) is 0 Å². The molecule has 18 heavy (non-hydrogen) atoms. The molecular formula is C13H11NO4. The highest BCUT2D eigenvalue weighted by atomic mass is 16.5. The fraction of sp³-hybridized carbons (Fsp3) is 0.0769. The Hall–Kier alpha value is -2.56. The zero-order valence-electron chi connectivity index (χ0n) is 9.66. The molecule has 2 rings (SSSR count). The van der Waals surface area contributed by atoms with E-state index in [-0.39, 0.29) is 17.2 Å². The summed E-state index contributed by atoms with van der Waals surface area (Å²) >= 11 is 0. The van der Waals surface area contributed by atoms with Crippen molar-refractivity contribution in [1.29, 1.82) is 0 Å². The van der Waals surface area contributed by atoms with Gasteiger partial charge in [0.1, 0.15) is 11.3 Å². The van der Waals surface area contributed by atoms with Crippen LogP contribution in [-0.2, 0) is 0 Å². The maximum absolute atomic E-state index is 11.0. The summed E-state index contributed by atoms with van der Waals surface area (Å²) < 4.78 is 10.6. The smallest absolute Gasteiger partial charge is 0.339 e. The number of para-hydroxylation sites is 1. The van der Waals surface area contributed by atoms with Gasteiger partial charge in [-0.25, -0.2) is 9.78 Å². The third-order valence-corrected chi connectivity index (χ3v) is 2.28. The number of ether oxygens (including phenoxy) is 2. The Morgan fingerprint density at radius 1 is 1.17 bits per heavy atom. The highest BCUT2D eigenvalue weighted by Crippen LogP contribution is 2.30. The first kappa shape index (κ1) is 11.9. The summed E-state index contributed by atoms with van der Waals surface area (Å²) in [5.74, 6) is -0.158. The van der Waals surface area contributed by atoms with Gasteiger partial charge in [-0.3, -0.25) is 0 Å². The van der Waals surface area contributed by atoms with Crippen LogP contribution in [0.2, 0.25) is 0 Å². The number of aromatic carboxylic acids is 1. The number of rotatable bonds is 4. The molecule has 0 aliphatic carbocycles. The number of benzene rings is 1. The van der Waals surface area contributed by atoms with Crippen LogP contribution >= 0.6 is 0 Å². The lowest BCUT2D eigenvalue weighted by atomic mass is 10.2. The Morgan fingerprint density at radius 2 is 1.89 bits per heavy atom. The van der Waals surface area contributed by atoms with Crippen LogP contribution in [0.3, 0.4) is 0 Å². The second-order valence-corrected chi connectivity index (χ2v) is 3.41. The van der Waals surface area contributed by atoms with E-state index in [1.54, 1.807) is 36.5 Å². The summed E-state index contributed by atoms with van der Waals surface area (Å²) in [4.78, 5) is 15.0. The molecule has 0 aliphatic heterocycles. The van der Waals surface area contributed by atoms with Crippen molar-refractivity contribution in [3.05, 3.63) is 48.2 Å². The van der Waals surface area contributed by atoms with E-state index in [4.69, 9.17) is 14.6 Å². The first-order chi connectivity index (χ1) is 8.72. The van der Waals surface area contributed by atoms with E-state index >= 15 is 0 Å². The number of carbonyl (C=O) groups is 1. The molecule has 0 atom stereocenters. The second kappa shape index (κ2) is 5.18. The monoisotopic (exact) mass is 245 g/mol. The standard InChI is InChI=1S/C13H11NO4/c1-17-11-7-4-8-14-12(11)18-10-6-3-2-5-9(10)13(15)16/h2-8H,1H3,(H,15,16). The lowest BCUT2D eigenvalue weighted by Gasteiger charge is -2.10. The zero-order chi connectivity index (χ0) is 13.0. The molecule has 0 radical (unpaired) electrons. The third kappa shape index (κ3) is 2.40. The third-order valence-electron chi connectivity index (χ3n) is 2.28.